The lowest BCUT2D eigenvalue weighted by molar-refractivity contribution is 0.0461. The van der Waals surface area contributed by atoms with Crippen LogP contribution in [-0.4, -0.2) is 12.6 Å². The molecule has 4 heteroatoms. The molecule has 1 aromatic heterocycles. The molecule has 0 spiro atoms. The van der Waals surface area contributed by atoms with E-state index in [1.54, 1.807) is 0 Å². The van der Waals surface area contributed by atoms with Crippen LogP contribution < -0.4 is 5.73 Å². The summed E-state index contributed by atoms with van der Waals surface area (Å²) < 4.78 is 5.39. The number of nitrogens with two attached hydrogens (primary N) is 1. The highest BCUT2D eigenvalue weighted by Crippen LogP contribution is 2.36. The third-order valence-electron chi connectivity index (χ3n) is 4.23. The molecular formula is C19H23NO2S. The summed E-state index contributed by atoms with van der Waals surface area (Å²) >= 11 is 1.40. The summed E-state index contributed by atoms with van der Waals surface area (Å²) in [7, 11) is 0. The SMILES string of the molecule is CC(C)COC(=O)c1c(-c2ccc3c(c2)CCCC3)csc1N. The summed E-state index contributed by atoms with van der Waals surface area (Å²) in [5, 5.41) is 2.50. The van der Waals surface area contributed by atoms with E-state index in [4.69, 9.17) is 10.5 Å². The average molecular weight is 329 g/mol. The number of carbonyl (C=O) groups excluding carboxylic acids is 1. The first-order valence-corrected chi connectivity index (χ1v) is 9.10. The van der Waals surface area contributed by atoms with E-state index in [0.717, 1.165) is 24.0 Å². The van der Waals surface area contributed by atoms with Gasteiger partial charge in [0.15, 0.2) is 0 Å². The third kappa shape index (κ3) is 3.42. The van der Waals surface area contributed by atoms with Crippen molar-refractivity contribution in [3.8, 4) is 11.1 Å². The van der Waals surface area contributed by atoms with Gasteiger partial charge in [0, 0.05) is 10.9 Å². The zero-order valence-electron chi connectivity index (χ0n) is 13.7. The van der Waals surface area contributed by atoms with Crippen molar-refractivity contribution in [1.29, 1.82) is 0 Å². The average Bonchev–Trinajstić information content (AvgIpc) is 2.94. The molecule has 3 rings (SSSR count). The van der Waals surface area contributed by atoms with Crippen LogP contribution in [0.4, 0.5) is 5.00 Å². The molecule has 0 bridgehead atoms. The Morgan fingerprint density at radius 2 is 2.00 bits per heavy atom. The summed E-state index contributed by atoms with van der Waals surface area (Å²) in [5.74, 6) is -0.00354. The van der Waals surface area contributed by atoms with Crippen molar-refractivity contribution in [2.75, 3.05) is 12.3 Å². The van der Waals surface area contributed by atoms with E-state index in [1.165, 1.54) is 35.3 Å². The Bertz CT molecular complexity index is 718. The van der Waals surface area contributed by atoms with Crippen molar-refractivity contribution in [1.82, 2.24) is 0 Å². The molecule has 0 unspecified atom stereocenters. The van der Waals surface area contributed by atoms with Crippen molar-refractivity contribution in [2.24, 2.45) is 5.92 Å². The molecule has 1 aromatic carbocycles. The fraction of sp³-hybridized carbons (Fsp3) is 0.421. The minimum atomic E-state index is -0.315. The van der Waals surface area contributed by atoms with Gasteiger partial charge in [-0.05, 0) is 48.3 Å². The van der Waals surface area contributed by atoms with Crippen molar-refractivity contribution >= 4 is 22.3 Å². The summed E-state index contributed by atoms with van der Waals surface area (Å²) in [6.07, 6.45) is 4.79. The van der Waals surface area contributed by atoms with Crippen LogP contribution in [0.15, 0.2) is 23.6 Å². The van der Waals surface area contributed by atoms with Crippen molar-refractivity contribution in [3.63, 3.8) is 0 Å². The molecule has 2 N–H and O–H groups in total. The van der Waals surface area contributed by atoms with Crippen molar-refractivity contribution in [3.05, 3.63) is 40.3 Å². The van der Waals surface area contributed by atoms with Gasteiger partial charge in [0.05, 0.1) is 6.61 Å². The predicted octanol–water partition coefficient (Wildman–Crippen LogP) is 4.69. The van der Waals surface area contributed by atoms with E-state index < -0.39 is 0 Å². The van der Waals surface area contributed by atoms with E-state index in [1.807, 2.05) is 19.2 Å². The second-order valence-corrected chi connectivity index (χ2v) is 7.48. The van der Waals surface area contributed by atoms with E-state index in [9.17, 15) is 4.79 Å². The number of aryl methyl sites for hydroxylation is 2. The highest BCUT2D eigenvalue weighted by atomic mass is 32.1. The smallest absolute Gasteiger partial charge is 0.341 e. The minimum Gasteiger partial charge on any atom is -0.462 e. The number of carbonyl (C=O) groups is 1. The number of nitrogen functional groups attached to an aromatic ring is 1. The third-order valence-corrected chi connectivity index (χ3v) is 5.04. The lowest BCUT2D eigenvalue weighted by Gasteiger charge is -2.17. The number of esters is 1. The fourth-order valence-electron chi connectivity index (χ4n) is 3.01. The first kappa shape index (κ1) is 16.1. The van der Waals surface area contributed by atoms with E-state index in [2.05, 4.69) is 18.2 Å². The lowest BCUT2D eigenvalue weighted by Crippen LogP contribution is -2.12. The quantitative estimate of drug-likeness (QED) is 0.828. The van der Waals surface area contributed by atoms with Gasteiger partial charge in [-0.3, -0.25) is 0 Å². The normalized spacial score (nSPS) is 13.9. The molecule has 0 radical (unpaired) electrons. The summed E-state index contributed by atoms with van der Waals surface area (Å²) in [6, 6.07) is 6.51. The fourth-order valence-corrected chi connectivity index (χ4v) is 3.82. The van der Waals surface area contributed by atoms with Gasteiger partial charge >= 0.3 is 5.97 Å². The first-order chi connectivity index (χ1) is 11.1. The Labute approximate surface area is 141 Å². The van der Waals surface area contributed by atoms with Crippen LogP contribution in [0.3, 0.4) is 0 Å². The number of hydrogen-bond acceptors (Lipinski definition) is 4. The number of anilines is 1. The van der Waals surface area contributed by atoms with Gasteiger partial charge in [-0.1, -0.05) is 32.0 Å². The molecule has 0 saturated heterocycles. The van der Waals surface area contributed by atoms with Gasteiger partial charge in [0.1, 0.15) is 10.6 Å². The molecule has 1 heterocycles. The molecule has 0 amide bonds. The minimum absolute atomic E-state index is 0.311. The zero-order chi connectivity index (χ0) is 16.4. The second-order valence-electron chi connectivity index (χ2n) is 6.57. The van der Waals surface area contributed by atoms with Crippen molar-refractivity contribution in [2.45, 2.75) is 39.5 Å². The topological polar surface area (TPSA) is 52.3 Å². The van der Waals surface area contributed by atoms with Crippen LogP contribution in [-0.2, 0) is 17.6 Å². The molecule has 1 aliphatic carbocycles. The zero-order valence-corrected chi connectivity index (χ0v) is 14.5. The van der Waals surface area contributed by atoms with Crippen LogP contribution >= 0.6 is 11.3 Å². The molecule has 122 valence electrons. The Kier molecular flexibility index (Phi) is 4.71. The molecule has 0 fully saturated rings. The highest BCUT2D eigenvalue weighted by molar-refractivity contribution is 7.14. The van der Waals surface area contributed by atoms with Crippen LogP contribution in [0.2, 0.25) is 0 Å². The standard InChI is InChI=1S/C19H23NO2S/c1-12(2)10-22-19(21)17-16(11-23-18(17)20)15-8-7-13-5-3-4-6-14(13)9-15/h7-9,11-12H,3-6,10,20H2,1-2H3. The first-order valence-electron chi connectivity index (χ1n) is 8.22. The number of benzene rings is 1. The number of fused-ring (bicyclic) bond motifs is 1. The Hall–Kier alpha value is -1.81. The number of thiophene rings is 1. The van der Waals surface area contributed by atoms with E-state index >= 15 is 0 Å². The maximum absolute atomic E-state index is 12.4. The maximum Gasteiger partial charge on any atom is 0.341 e. The summed E-state index contributed by atoms with van der Waals surface area (Å²) in [5.41, 5.74) is 11.4. The maximum atomic E-state index is 12.4. The summed E-state index contributed by atoms with van der Waals surface area (Å²) in [4.78, 5) is 12.4. The van der Waals surface area contributed by atoms with Crippen LogP contribution in [0, 0.1) is 5.92 Å². The number of rotatable bonds is 4. The van der Waals surface area contributed by atoms with Crippen molar-refractivity contribution < 1.29 is 9.53 Å². The molecule has 0 atom stereocenters. The van der Waals surface area contributed by atoms with Gasteiger partial charge < -0.3 is 10.5 Å². The molecule has 0 saturated carbocycles. The van der Waals surface area contributed by atoms with Gasteiger partial charge in [-0.2, -0.15) is 0 Å². The van der Waals surface area contributed by atoms with Crippen LogP contribution in [0.1, 0.15) is 48.2 Å². The Morgan fingerprint density at radius 3 is 2.74 bits per heavy atom. The monoisotopic (exact) mass is 329 g/mol. The molecule has 1 aliphatic rings. The molecule has 2 aromatic rings. The van der Waals surface area contributed by atoms with E-state index in [0.29, 0.717) is 23.1 Å². The Balaban J connectivity index is 1.93. The molecule has 0 aliphatic heterocycles. The number of ether oxygens (including phenoxy) is 1. The molecule has 3 nitrogen and oxygen atoms in total. The molecule has 23 heavy (non-hydrogen) atoms. The lowest BCUT2D eigenvalue weighted by atomic mass is 9.89. The van der Waals surface area contributed by atoms with E-state index in [-0.39, 0.29) is 5.97 Å². The molecular weight excluding hydrogens is 306 g/mol. The predicted molar refractivity (Wildman–Crippen MR) is 95.9 cm³/mol. The Morgan fingerprint density at radius 1 is 1.26 bits per heavy atom. The summed E-state index contributed by atoms with van der Waals surface area (Å²) in [6.45, 7) is 4.46. The van der Waals surface area contributed by atoms with Gasteiger partial charge in [0.25, 0.3) is 0 Å². The number of hydrogen-bond donors (Lipinski definition) is 1. The van der Waals surface area contributed by atoms with Gasteiger partial charge in [-0.25, -0.2) is 4.79 Å². The van der Waals surface area contributed by atoms with Gasteiger partial charge in [-0.15, -0.1) is 11.3 Å². The largest absolute Gasteiger partial charge is 0.462 e. The van der Waals surface area contributed by atoms with Crippen LogP contribution in [0.25, 0.3) is 11.1 Å². The highest BCUT2D eigenvalue weighted by Gasteiger charge is 2.21. The second kappa shape index (κ2) is 6.75. The van der Waals surface area contributed by atoms with Gasteiger partial charge in [0.2, 0.25) is 0 Å². The van der Waals surface area contributed by atoms with Crippen LogP contribution in [0.5, 0.6) is 0 Å².